The molecule has 0 aliphatic carbocycles. The van der Waals surface area contributed by atoms with E-state index in [4.69, 9.17) is 4.74 Å². The van der Waals surface area contributed by atoms with Crippen LogP contribution in [0.4, 0.5) is 5.69 Å². The van der Waals surface area contributed by atoms with E-state index >= 15 is 0 Å². The lowest BCUT2D eigenvalue weighted by Gasteiger charge is -2.31. The van der Waals surface area contributed by atoms with Gasteiger partial charge in [0.25, 0.3) is 0 Å². The van der Waals surface area contributed by atoms with Crippen LogP contribution in [-0.2, 0) is 14.8 Å². The summed E-state index contributed by atoms with van der Waals surface area (Å²) in [5.41, 5.74) is 3.75. The van der Waals surface area contributed by atoms with Crippen molar-refractivity contribution in [2.45, 2.75) is 52.6 Å². The zero-order valence-electron chi connectivity index (χ0n) is 18.6. The Labute approximate surface area is 180 Å². The van der Waals surface area contributed by atoms with Crippen molar-refractivity contribution in [3.8, 4) is 5.75 Å². The third-order valence-corrected chi connectivity index (χ3v) is 6.48. The van der Waals surface area contributed by atoms with Gasteiger partial charge in [0, 0.05) is 6.07 Å². The maximum atomic E-state index is 13.2. The molecule has 0 radical (unpaired) electrons. The highest BCUT2D eigenvalue weighted by molar-refractivity contribution is 7.92. The fourth-order valence-electron chi connectivity index (χ4n) is 3.48. The molecule has 2 aromatic carbocycles. The van der Waals surface area contributed by atoms with Crippen LogP contribution in [0.2, 0.25) is 0 Å². The highest BCUT2D eigenvalue weighted by Crippen LogP contribution is 2.27. The predicted molar refractivity (Wildman–Crippen MR) is 121 cm³/mol. The van der Waals surface area contributed by atoms with Gasteiger partial charge in [0.05, 0.1) is 25.1 Å². The van der Waals surface area contributed by atoms with E-state index in [0.29, 0.717) is 24.3 Å². The van der Waals surface area contributed by atoms with Gasteiger partial charge in [0.1, 0.15) is 11.8 Å². The molecule has 1 amide bonds. The van der Waals surface area contributed by atoms with Gasteiger partial charge in [0.15, 0.2) is 0 Å². The molecule has 0 spiro atoms. The van der Waals surface area contributed by atoms with Gasteiger partial charge in [-0.25, -0.2) is 8.42 Å². The Morgan fingerprint density at radius 3 is 2.30 bits per heavy atom. The van der Waals surface area contributed by atoms with E-state index in [-0.39, 0.29) is 11.9 Å². The van der Waals surface area contributed by atoms with Crippen LogP contribution in [0.1, 0.15) is 49.4 Å². The number of rotatable bonds is 9. The molecule has 0 fully saturated rings. The molecule has 0 saturated heterocycles. The summed E-state index contributed by atoms with van der Waals surface area (Å²) in [5.74, 6) is 0.203. The Bertz CT molecular complexity index is 988. The van der Waals surface area contributed by atoms with E-state index in [9.17, 15) is 13.2 Å². The van der Waals surface area contributed by atoms with Crippen LogP contribution in [0.25, 0.3) is 0 Å². The number of sulfonamides is 1. The van der Waals surface area contributed by atoms with Crippen molar-refractivity contribution >= 4 is 21.6 Å². The minimum atomic E-state index is -3.70. The Morgan fingerprint density at radius 2 is 1.77 bits per heavy atom. The van der Waals surface area contributed by atoms with Crippen LogP contribution in [0.15, 0.2) is 42.5 Å². The summed E-state index contributed by atoms with van der Waals surface area (Å²) < 4.78 is 31.7. The first-order chi connectivity index (χ1) is 14.1. The Hall–Kier alpha value is -2.54. The molecular weight excluding hydrogens is 400 g/mol. The molecule has 164 valence electrons. The number of hydrogen-bond donors (Lipinski definition) is 1. The number of anilines is 1. The van der Waals surface area contributed by atoms with Crippen LogP contribution < -0.4 is 14.4 Å². The van der Waals surface area contributed by atoms with E-state index in [1.54, 1.807) is 31.2 Å². The zero-order valence-corrected chi connectivity index (χ0v) is 19.4. The minimum Gasteiger partial charge on any atom is -0.497 e. The van der Waals surface area contributed by atoms with Gasteiger partial charge in [-0.05, 0) is 55.5 Å². The van der Waals surface area contributed by atoms with Crippen molar-refractivity contribution in [3.05, 3.63) is 59.2 Å². The monoisotopic (exact) mass is 432 g/mol. The van der Waals surface area contributed by atoms with E-state index in [0.717, 1.165) is 17.4 Å². The lowest BCUT2D eigenvalue weighted by molar-refractivity contribution is -0.123. The predicted octanol–water partition coefficient (Wildman–Crippen LogP) is 4.12. The average Bonchev–Trinajstić information content (AvgIpc) is 2.71. The number of hydrogen-bond acceptors (Lipinski definition) is 4. The smallest absolute Gasteiger partial charge is 0.244 e. The molecule has 0 unspecified atom stereocenters. The summed E-state index contributed by atoms with van der Waals surface area (Å²) in [6.45, 7) is 7.89. The number of ether oxygens (including phenoxy) is 1. The number of methoxy groups -OCH3 is 1. The van der Waals surface area contributed by atoms with Crippen molar-refractivity contribution in [3.63, 3.8) is 0 Å². The normalized spacial score (nSPS) is 13.4. The van der Waals surface area contributed by atoms with Crippen LogP contribution in [0.5, 0.6) is 5.75 Å². The number of carbonyl (C=O) groups is 1. The van der Waals surface area contributed by atoms with Crippen LogP contribution in [0.3, 0.4) is 0 Å². The SMILES string of the molecule is CC[C@H](NC(=O)[C@H](CC)N(c1cccc(OC)c1)S(C)(=O)=O)c1ccc(C)c(C)c1. The first-order valence-corrected chi connectivity index (χ1v) is 12.0. The van der Waals surface area contributed by atoms with E-state index in [2.05, 4.69) is 11.4 Å². The van der Waals surface area contributed by atoms with Gasteiger partial charge in [-0.15, -0.1) is 0 Å². The highest BCUT2D eigenvalue weighted by atomic mass is 32.2. The van der Waals surface area contributed by atoms with Gasteiger partial charge < -0.3 is 10.1 Å². The molecule has 0 aromatic heterocycles. The number of amides is 1. The number of benzene rings is 2. The fraction of sp³-hybridized carbons (Fsp3) is 0.435. The summed E-state index contributed by atoms with van der Waals surface area (Å²) in [7, 11) is -2.18. The highest BCUT2D eigenvalue weighted by Gasteiger charge is 2.32. The topological polar surface area (TPSA) is 75.7 Å². The standard InChI is InChI=1S/C23H32N2O4S/c1-7-21(18-13-12-16(3)17(4)14-18)24-23(26)22(8-2)25(30(6,27)28)19-10-9-11-20(15-19)29-5/h9-15,21-22H,7-8H2,1-6H3,(H,24,26)/t21-,22-/m0/s1. The average molecular weight is 433 g/mol. The molecule has 0 bridgehead atoms. The minimum absolute atomic E-state index is 0.197. The van der Waals surface area contributed by atoms with Crippen LogP contribution in [-0.4, -0.2) is 33.7 Å². The quantitative estimate of drug-likeness (QED) is 0.647. The molecule has 0 aliphatic rings. The fourth-order valence-corrected chi connectivity index (χ4v) is 4.68. The summed E-state index contributed by atoms with van der Waals surface area (Å²) in [5, 5.41) is 3.06. The van der Waals surface area contributed by atoms with Gasteiger partial charge >= 0.3 is 0 Å². The van der Waals surface area contributed by atoms with Gasteiger partial charge in [-0.3, -0.25) is 9.10 Å². The third kappa shape index (κ3) is 5.53. The van der Waals surface area contributed by atoms with E-state index < -0.39 is 16.1 Å². The molecule has 0 heterocycles. The third-order valence-electron chi connectivity index (χ3n) is 5.30. The Morgan fingerprint density at radius 1 is 1.07 bits per heavy atom. The maximum absolute atomic E-state index is 13.2. The summed E-state index contributed by atoms with van der Waals surface area (Å²) >= 11 is 0. The van der Waals surface area contributed by atoms with Crippen LogP contribution in [0, 0.1) is 13.8 Å². The van der Waals surface area contributed by atoms with Crippen molar-refractivity contribution < 1.29 is 17.9 Å². The van der Waals surface area contributed by atoms with Crippen molar-refractivity contribution in [2.75, 3.05) is 17.7 Å². The van der Waals surface area contributed by atoms with Crippen molar-refractivity contribution in [1.82, 2.24) is 5.32 Å². The molecule has 6 nitrogen and oxygen atoms in total. The number of nitrogens with zero attached hydrogens (tertiary/aromatic N) is 1. The summed E-state index contributed by atoms with van der Waals surface area (Å²) in [6.07, 6.45) is 2.14. The van der Waals surface area contributed by atoms with E-state index in [1.807, 2.05) is 32.9 Å². The second kappa shape index (κ2) is 9.98. The zero-order chi connectivity index (χ0) is 22.5. The first-order valence-electron chi connectivity index (χ1n) is 10.1. The molecule has 0 saturated carbocycles. The largest absolute Gasteiger partial charge is 0.497 e. The Balaban J connectivity index is 2.37. The number of carbonyl (C=O) groups excluding carboxylic acids is 1. The first kappa shape index (κ1) is 23.7. The van der Waals surface area contributed by atoms with E-state index in [1.165, 1.54) is 17.0 Å². The maximum Gasteiger partial charge on any atom is 0.244 e. The number of nitrogens with one attached hydrogen (secondary N) is 1. The molecule has 30 heavy (non-hydrogen) atoms. The summed E-state index contributed by atoms with van der Waals surface area (Å²) in [4.78, 5) is 13.2. The molecule has 7 heteroatoms. The van der Waals surface area contributed by atoms with Gasteiger partial charge in [-0.2, -0.15) is 0 Å². The van der Waals surface area contributed by atoms with Gasteiger partial charge in [-0.1, -0.05) is 38.1 Å². The second-order valence-electron chi connectivity index (χ2n) is 7.50. The van der Waals surface area contributed by atoms with Crippen molar-refractivity contribution in [2.24, 2.45) is 0 Å². The lowest BCUT2D eigenvalue weighted by Crippen LogP contribution is -2.50. The summed E-state index contributed by atoms with van der Waals surface area (Å²) in [6, 6.07) is 11.8. The van der Waals surface area contributed by atoms with Gasteiger partial charge in [0.2, 0.25) is 15.9 Å². The Kier molecular flexibility index (Phi) is 7.89. The molecule has 1 N–H and O–H groups in total. The molecule has 2 rings (SSSR count). The lowest BCUT2D eigenvalue weighted by atomic mass is 9.99. The number of aryl methyl sites for hydroxylation is 2. The molecule has 2 atom stereocenters. The molecule has 0 aliphatic heterocycles. The second-order valence-corrected chi connectivity index (χ2v) is 9.36. The van der Waals surface area contributed by atoms with Crippen molar-refractivity contribution in [1.29, 1.82) is 0 Å². The molecule has 2 aromatic rings. The molecular formula is C23H32N2O4S. The van der Waals surface area contributed by atoms with Crippen LogP contribution >= 0.6 is 0 Å².